The maximum Gasteiger partial charge on any atom is 0.228 e. The minimum absolute atomic E-state index is 0.00285. The maximum absolute atomic E-state index is 12.8. The summed E-state index contributed by atoms with van der Waals surface area (Å²) in [5.41, 5.74) is 2.92. The highest BCUT2D eigenvalue weighted by Crippen LogP contribution is 2.21. The van der Waals surface area contributed by atoms with Crippen LogP contribution in [0.1, 0.15) is 18.4 Å². The number of amides is 1. The molecule has 0 radical (unpaired) electrons. The van der Waals surface area contributed by atoms with Crippen LogP contribution < -0.4 is 5.32 Å². The predicted octanol–water partition coefficient (Wildman–Crippen LogP) is 3.47. The average molecular weight is 390 g/mol. The molecule has 1 atom stereocenters. The Kier molecular flexibility index (Phi) is 5.91. The van der Waals surface area contributed by atoms with Crippen molar-refractivity contribution in [1.82, 2.24) is 14.7 Å². The molecule has 2 heterocycles. The largest absolute Gasteiger partial charge is 0.508 e. The van der Waals surface area contributed by atoms with E-state index in [0.29, 0.717) is 5.75 Å². The van der Waals surface area contributed by atoms with Gasteiger partial charge in [-0.1, -0.05) is 18.2 Å². The highest BCUT2D eigenvalue weighted by atomic mass is 16.3. The summed E-state index contributed by atoms with van der Waals surface area (Å²) in [7, 11) is 0. The summed E-state index contributed by atoms with van der Waals surface area (Å²) in [4.78, 5) is 15.2. The highest BCUT2D eigenvalue weighted by Gasteiger charge is 2.25. The summed E-state index contributed by atoms with van der Waals surface area (Å²) in [6, 6.07) is 17.0. The van der Waals surface area contributed by atoms with Gasteiger partial charge < -0.3 is 15.3 Å². The summed E-state index contributed by atoms with van der Waals surface area (Å²) in [6.07, 6.45) is 6.48. The van der Waals surface area contributed by atoms with E-state index in [1.165, 1.54) is 5.56 Å². The van der Waals surface area contributed by atoms with Crippen LogP contribution in [0.2, 0.25) is 0 Å². The Bertz CT molecular complexity index is 938. The zero-order valence-corrected chi connectivity index (χ0v) is 16.4. The number of carbonyl (C=O) groups excluding carboxylic acids is 1. The van der Waals surface area contributed by atoms with E-state index in [9.17, 15) is 9.90 Å². The maximum atomic E-state index is 12.8. The van der Waals surface area contributed by atoms with Crippen LogP contribution in [-0.2, 0) is 11.2 Å². The van der Waals surface area contributed by atoms with Crippen molar-refractivity contribution < 1.29 is 9.90 Å². The van der Waals surface area contributed by atoms with Gasteiger partial charge in [-0.15, -0.1) is 0 Å². The first-order valence-corrected chi connectivity index (χ1v) is 10.1. The lowest BCUT2D eigenvalue weighted by atomic mass is 9.96. The summed E-state index contributed by atoms with van der Waals surface area (Å²) in [5, 5.41) is 16.7. The molecule has 1 amide bonds. The lowest BCUT2D eigenvalue weighted by Crippen LogP contribution is -2.41. The third-order valence-corrected chi connectivity index (χ3v) is 5.41. The molecular formula is C23H26N4O2. The molecule has 150 valence electrons. The van der Waals surface area contributed by atoms with Crippen molar-refractivity contribution >= 4 is 11.6 Å². The Morgan fingerprint density at radius 1 is 1.17 bits per heavy atom. The van der Waals surface area contributed by atoms with E-state index in [1.807, 2.05) is 48.7 Å². The molecule has 1 saturated heterocycles. The first-order valence-electron chi connectivity index (χ1n) is 10.1. The van der Waals surface area contributed by atoms with E-state index in [-0.39, 0.29) is 11.8 Å². The first-order chi connectivity index (χ1) is 14.2. The normalized spacial score (nSPS) is 17.2. The van der Waals surface area contributed by atoms with Gasteiger partial charge in [-0.25, -0.2) is 4.68 Å². The van der Waals surface area contributed by atoms with Crippen LogP contribution in [0.5, 0.6) is 5.75 Å². The van der Waals surface area contributed by atoms with Gasteiger partial charge in [0.15, 0.2) is 0 Å². The topological polar surface area (TPSA) is 70.4 Å². The highest BCUT2D eigenvalue weighted by molar-refractivity contribution is 5.93. The molecule has 1 aliphatic heterocycles. The van der Waals surface area contributed by atoms with E-state index in [4.69, 9.17) is 0 Å². The Balaban J connectivity index is 1.33. The number of anilines is 1. The number of hydrogen-bond donors (Lipinski definition) is 2. The van der Waals surface area contributed by atoms with Crippen LogP contribution in [0, 0.1) is 5.92 Å². The number of nitrogens with zero attached hydrogens (tertiary/aromatic N) is 3. The average Bonchev–Trinajstić information content (AvgIpc) is 3.29. The lowest BCUT2D eigenvalue weighted by Gasteiger charge is -2.32. The van der Waals surface area contributed by atoms with E-state index in [1.54, 1.807) is 23.0 Å². The van der Waals surface area contributed by atoms with Crippen LogP contribution in [0.25, 0.3) is 5.69 Å². The third kappa shape index (κ3) is 5.03. The number of likely N-dealkylation sites (tertiary alicyclic amines) is 1. The molecule has 0 bridgehead atoms. The van der Waals surface area contributed by atoms with Crippen LogP contribution in [0.15, 0.2) is 67.0 Å². The predicted molar refractivity (Wildman–Crippen MR) is 113 cm³/mol. The molecule has 0 spiro atoms. The molecule has 6 nitrogen and oxygen atoms in total. The molecule has 3 aromatic rings. The van der Waals surface area contributed by atoms with Gasteiger partial charge in [0.2, 0.25) is 5.91 Å². The second-order valence-corrected chi connectivity index (χ2v) is 7.55. The van der Waals surface area contributed by atoms with E-state index in [0.717, 1.165) is 50.3 Å². The van der Waals surface area contributed by atoms with Crippen molar-refractivity contribution in [2.45, 2.75) is 19.3 Å². The number of aromatic nitrogens is 2. The fourth-order valence-corrected chi connectivity index (χ4v) is 3.81. The molecule has 2 N–H and O–H groups in total. The fourth-order valence-electron chi connectivity index (χ4n) is 3.81. The Morgan fingerprint density at radius 3 is 2.83 bits per heavy atom. The lowest BCUT2D eigenvalue weighted by molar-refractivity contribution is -0.121. The molecule has 4 rings (SSSR count). The minimum Gasteiger partial charge on any atom is -0.508 e. The quantitative estimate of drug-likeness (QED) is 0.676. The number of benzene rings is 2. The van der Waals surface area contributed by atoms with Gasteiger partial charge in [0.25, 0.3) is 0 Å². The first kappa shape index (κ1) is 19.2. The van der Waals surface area contributed by atoms with Crippen LogP contribution >= 0.6 is 0 Å². The Labute approximate surface area is 170 Å². The molecule has 1 aliphatic rings. The van der Waals surface area contributed by atoms with E-state index < -0.39 is 0 Å². The van der Waals surface area contributed by atoms with Gasteiger partial charge >= 0.3 is 0 Å². The summed E-state index contributed by atoms with van der Waals surface area (Å²) < 4.78 is 1.78. The van der Waals surface area contributed by atoms with Crippen molar-refractivity contribution in [2.75, 3.05) is 25.0 Å². The van der Waals surface area contributed by atoms with Crippen LogP contribution in [0.3, 0.4) is 0 Å². The van der Waals surface area contributed by atoms with Crippen molar-refractivity contribution in [1.29, 1.82) is 0 Å². The van der Waals surface area contributed by atoms with Crippen LogP contribution in [0.4, 0.5) is 5.69 Å². The number of aromatic hydroxyl groups is 1. The van der Waals surface area contributed by atoms with Crippen LogP contribution in [-0.4, -0.2) is 45.3 Å². The zero-order chi connectivity index (χ0) is 20.1. The number of nitrogens with one attached hydrogen (secondary N) is 1. The molecule has 29 heavy (non-hydrogen) atoms. The SMILES string of the molecule is O=C(Nc1cccc(-n2cccn2)c1)[C@H]1CCCN(CCc2ccc(O)cc2)C1. The minimum atomic E-state index is -0.00285. The number of rotatable bonds is 6. The van der Waals surface area contributed by atoms with Gasteiger partial charge in [0, 0.05) is 31.2 Å². The molecule has 0 unspecified atom stereocenters. The monoisotopic (exact) mass is 390 g/mol. The van der Waals surface area contributed by atoms with Gasteiger partial charge in [-0.2, -0.15) is 5.10 Å². The number of phenolic OH excluding ortho intramolecular Hbond substituents is 1. The number of piperidine rings is 1. The fraction of sp³-hybridized carbons (Fsp3) is 0.304. The summed E-state index contributed by atoms with van der Waals surface area (Å²) >= 11 is 0. The Morgan fingerprint density at radius 2 is 2.03 bits per heavy atom. The van der Waals surface area contributed by atoms with Crippen molar-refractivity contribution in [3.05, 3.63) is 72.6 Å². The Hall–Kier alpha value is -3.12. The standard InChI is InChI=1S/C23H26N4O2/c28-22-9-7-18(8-10-22)11-15-26-13-2-4-19(17-26)23(29)25-20-5-1-6-21(16-20)27-14-3-12-24-27/h1,3,5-10,12,14,16,19,28H,2,4,11,13,15,17H2,(H,25,29)/t19-/m0/s1. The number of phenols is 1. The second kappa shape index (κ2) is 8.92. The molecule has 0 saturated carbocycles. The van der Waals surface area contributed by atoms with E-state index >= 15 is 0 Å². The van der Waals surface area contributed by atoms with E-state index in [2.05, 4.69) is 15.3 Å². The number of hydrogen-bond acceptors (Lipinski definition) is 4. The summed E-state index contributed by atoms with van der Waals surface area (Å²) in [6.45, 7) is 2.72. The second-order valence-electron chi connectivity index (χ2n) is 7.55. The molecule has 6 heteroatoms. The molecule has 1 aromatic heterocycles. The smallest absolute Gasteiger partial charge is 0.228 e. The molecule has 2 aromatic carbocycles. The number of carbonyl (C=O) groups is 1. The van der Waals surface area contributed by atoms with Crippen molar-refractivity contribution in [3.63, 3.8) is 0 Å². The van der Waals surface area contributed by atoms with Gasteiger partial charge in [-0.3, -0.25) is 4.79 Å². The molecular weight excluding hydrogens is 364 g/mol. The van der Waals surface area contributed by atoms with Gasteiger partial charge in [-0.05, 0) is 67.8 Å². The van der Waals surface area contributed by atoms with Crippen molar-refractivity contribution in [3.8, 4) is 11.4 Å². The zero-order valence-electron chi connectivity index (χ0n) is 16.4. The molecule has 0 aliphatic carbocycles. The molecule has 1 fully saturated rings. The van der Waals surface area contributed by atoms with Gasteiger partial charge in [0.05, 0.1) is 11.6 Å². The van der Waals surface area contributed by atoms with Gasteiger partial charge in [0.1, 0.15) is 5.75 Å². The van der Waals surface area contributed by atoms with Crippen molar-refractivity contribution in [2.24, 2.45) is 5.92 Å². The third-order valence-electron chi connectivity index (χ3n) is 5.41. The summed E-state index contributed by atoms with van der Waals surface area (Å²) in [5.74, 6) is 0.369.